The Labute approximate surface area is 135 Å². The Morgan fingerprint density at radius 3 is 2.48 bits per heavy atom. The molecule has 0 spiro atoms. The highest BCUT2D eigenvalue weighted by atomic mass is 79.9. The van der Waals surface area contributed by atoms with E-state index in [2.05, 4.69) is 26.6 Å². The highest BCUT2D eigenvalue weighted by Crippen LogP contribution is 2.21. The molecule has 0 aliphatic rings. The molecule has 2 aromatic carbocycles. The molecule has 0 aliphatic heterocycles. The zero-order valence-electron chi connectivity index (χ0n) is 11.1. The minimum Gasteiger partial charge on any atom is -0.332 e. The number of benzene rings is 2. The maximum atomic E-state index is 10.7. The molecule has 0 aromatic heterocycles. The zero-order valence-corrected chi connectivity index (χ0v) is 13.5. The molecule has 108 valence electrons. The van der Waals surface area contributed by atoms with E-state index in [0.717, 1.165) is 15.7 Å². The molecule has 5 nitrogen and oxygen atoms in total. The predicted octanol–water partition coefficient (Wildman–Crippen LogP) is 4.47. The van der Waals surface area contributed by atoms with Crippen LogP contribution in [0.1, 0.15) is 5.56 Å². The SMILES string of the molecule is Cc1cc(NC(=S)Nc2cccc([N+](=O)[O-])c2)ccc1Br. The fourth-order valence-corrected chi connectivity index (χ4v) is 2.20. The number of nitro benzene ring substituents is 1. The summed E-state index contributed by atoms with van der Waals surface area (Å²) in [5.41, 5.74) is 2.51. The number of anilines is 2. The summed E-state index contributed by atoms with van der Waals surface area (Å²) >= 11 is 8.63. The van der Waals surface area contributed by atoms with Gasteiger partial charge in [0.25, 0.3) is 5.69 Å². The van der Waals surface area contributed by atoms with Gasteiger partial charge in [-0.05, 0) is 49.0 Å². The van der Waals surface area contributed by atoms with Gasteiger partial charge in [0.2, 0.25) is 0 Å². The third-order valence-corrected chi connectivity index (χ3v) is 3.82. The lowest BCUT2D eigenvalue weighted by atomic mass is 10.2. The average Bonchev–Trinajstić information content (AvgIpc) is 2.43. The molecule has 2 aromatic rings. The van der Waals surface area contributed by atoms with Crippen molar-refractivity contribution < 1.29 is 4.92 Å². The summed E-state index contributed by atoms with van der Waals surface area (Å²) in [7, 11) is 0. The van der Waals surface area contributed by atoms with Crippen LogP contribution in [-0.4, -0.2) is 10.0 Å². The van der Waals surface area contributed by atoms with Crippen molar-refractivity contribution in [2.75, 3.05) is 10.6 Å². The van der Waals surface area contributed by atoms with Crippen LogP contribution >= 0.6 is 28.1 Å². The number of thiocarbonyl (C=S) groups is 1. The lowest BCUT2D eigenvalue weighted by molar-refractivity contribution is -0.384. The smallest absolute Gasteiger partial charge is 0.271 e. The minimum absolute atomic E-state index is 0.0160. The number of hydrogen-bond acceptors (Lipinski definition) is 3. The van der Waals surface area contributed by atoms with E-state index in [0.29, 0.717) is 10.8 Å². The number of halogens is 1. The Hall–Kier alpha value is -1.99. The number of nitrogens with zero attached hydrogens (tertiary/aromatic N) is 1. The maximum absolute atomic E-state index is 10.7. The normalized spacial score (nSPS) is 10.0. The highest BCUT2D eigenvalue weighted by Gasteiger charge is 2.07. The van der Waals surface area contributed by atoms with Crippen molar-refractivity contribution in [2.24, 2.45) is 0 Å². The number of rotatable bonds is 3. The summed E-state index contributed by atoms with van der Waals surface area (Å²) in [6.45, 7) is 1.98. The van der Waals surface area contributed by atoms with Gasteiger partial charge in [-0.15, -0.1) is 0 Å². The van der Waals surface area contributed by atoms with E-state index >= 15 is 0 Å². The average molecular weight is 366 g/mol. The lowest BCUT2D eigenvalue weighted by Gasteiger charge is -2.11. The van der Waals surface area contributed by atoms with Crippen molar-refractivity contribution in [3.05, 3.63) is 62.6 Å². The number of nitro groups is 1. The second-order valence-electron chi connectivity index (χ2n) is 4.35. The van der Waals surface area contributed by atoms with E-state index in [4.69, 9.17) is 12.2 Å². The fourth-order valence-electron chi connectivity index (χ4n) is 1.71. The van der Waals surface area contributed by atoms with E-state index in [1.54, 1.807) is 12.1 Å². The van der Waals surface area contributed by atoms with Crippen molar-refractivity contribution in [2.45, 2.75) is 6.92 Å². The monoisotopic (exact) mass is 365 g/mol. The van der Waals surface area contributed by atoms with Crippen molar-refractivity contribution in [1.29, 1.82) is 0 Å². The van der Waals surface area contributed by atoms with Crippen LogP contribution in [0.4, 0.5) is 17.1 Å². The van der Waals surface area contributed by atoms with E-state index in [1.165, 1.54) is 12.1 Å². The minimum atomic E-state index is -0.445. The van der Waals surface area contributed by atoms with Crippen LogP contribution in [0.25, 0.3) is 0 Å². The van der Waals surface area contributed by atoms with Crippen LogP contribution in [0.3, 0.4) is 0 Å². The third-order valence-electron chi connectivity index (χ3n) is 2.73. The van der Waals surface area contributed by atoms with E-state index < -0.39 is 4.92 Å². The third kappa shape index (κ3) is 4.24. The molecule has 0 saturated heterocycles. The van der Waals surface area contributed by atoms with E-state index in [-0.39, 0.29) is 5.69 Å². The number of hydrogen-bond donors (Lipinski definition) is 2. The Bertz CT molecular complexity index is 706. The van der Waals surface area contributed by atoms with E-state index in [1.807, 2.05) is 25.1 Å². The van der Waals surface area contributed by atoms with Crippen LogP contribution in [-0.2, 0) is 0 Å². The molecule has 0 atom stereocenters. The second-order valence-corrected chi connectivity index (χ2v) is 5.61. The zero-order chi connectivity index (χ0) is 15.4. The molecule has 0 aliphatic carbocycles. The molecule has 2 N–H and O–H groups in total. The number of non-ortho nitro benzene ring substituents is 1. The summed E-state index contributed by atoms with van der Waals surface area (Å²) < 4.78 is 1.02. The highest BCUT2D eigenvalue weighted by molar-refractivity contribution is 9.10. The lowest BCUT2D eigenvalue weighted by Crippen LogP contribution is -2.19. The molecule has 0 heterocycles. The summed E-state index contributed by atoms with van der Waals surface area (Å²) in [4.78, 5) is 10.3. The first kappa shape index (κ1) is 15.4. The van der Waals surface area contributed by atoms with Crippen molar-refractivity contribution in [1.82, 2.24) is 0 Å². The molecule has 0 amide bonds. The molecule has 0 fully saturated rings. The van der Waals surface area contributed by atoms with Gasteiger partial charge in [-0.3, -0.25) is 10.1 Å². The summed E-state index contributed by atoms with van der Waals surface area (Å²) in [5, 5.41) is 17.1. The number of aryl methyl sites for hydroxylation is 1. The first-order valence-electron chi connectivity index (χ1n) is 6.04. The molecular formula is C14H12BrN3O2S. The standard InChI is InChI=1S/C14H12BrN3O2S/c1-9-7-11(5-6-13(9)15)17-14(21)16-10-3-2-4-12(8-10)18(19)20/h2-8H,1H3,(H2,16,17,21). The van der Waals surface area contributed by atoms with Gasteiger partial charge in [-0.1, -0.05) is 22.0 Å². The first-order chi connectivity index (χ1) is 9.95. The molecule has 2 rings (SSSR count). The molecule has 0 bridgehead atoms. The van der Waals surface area contributed by atoms with Gasteiger partial charge in [0.05, 0.1) is 4.92 Å². The number of nitrogens with one attached hydrogen (secondary N) is 2. The summed E-state index contributed by atoms with van der Waals surface area (Å²) in [6, 6.07) is 11.9. The second kappa shape index (κ2) is 6.64. The molecule has 0 saturated carbocycles. The van der Waals surface area contributed by atoms with Crippen molar-refractivity contribution >= 4 is 50.3 Å². The van der Waals surface area contributed by atoms with Crippen molar-refractivity contribution in [3.63, 3.8) is 0 Å². The van der Waals surface area contributed by atoms with Crippen molar-refractivity contribution in [3.8, 4) is 0 Å². The van der Waals surface area contributed by atoms with Gasteiger partial charge in [0.1, 0.15) is 0 Å². The molecule has 21 heavy (non-hydrogen) atoms. The Balaban J connectivity index is 2.06. The molecule has 7 heteroatoms. The Kier molecular flexibility index (Phi) is 4.87. The maximum Gasteiger partial charge on any atom is 0.271 e. The van der Waals surface area contributed by atoms with Crippen LogP contribution in [0.2, 0.25) is 0 Å². The largest absolute Gasteiger partial charge is 0.332 e. The Morgan fingerprint density at radius 1 is 1.19 bits per heavy atom. The van der Waals surface area contributed by atoms with Crippen LogP contribution < -0.4 is 10.6 Å². The van der Waals surface area contributed by atoms with Crippen LogP contribution in [0.5, 0.6) is 0 Å². The van der Waals surface area contributed by atoms with Crippen LogP contribution in [0.15, 0.2) is 46.9 Å². The van der Waals surface area contributed by atoms with Crippen LogP contribution in [0, 0.1) is 17.0 Å². The molecular weight excluding hydrogens is 354 g/mol. The van der Waals surface area contributed by atoms with Gasteiger partial charge in [0, 0.05) is 28.0 Å². The topological polar surface area (TPSA) is 67.2 Å². The molecule has 0 radical (unpaired) electrons. The fraction of sp³-hybridized carbons (Fsp3) is 0.0714. The van der Waals surface area contributed by atoms with Gasteiger partial charge < -0.3 is 10.6 Å². The van der Waals surface area contributed by atoms with Gasteiger partial charge >= 0.3 is 0 Å². The first-order valence-corrected chi connectivity index (χ1v) is 7.24. The summed E-state index contributed by atoms with van der Waals surface area (Å²) in [6.07, 6.45) is 0. The Morgan fingerprint density at radius 2 is 1.86 bits per heavy atom. The van der Waals surface area contributed by atoms with Gasteiger partial charge in [-0.25, -0.2) is 0 Å². The molecule has 0 unspecified atom stereocenters. The van der Waals surface area contributed by atoms with Gasteiger partial charge in [-0.2, -0.15) is 0 Å². The quantitative estimate of drug-likeness (QED) is 0.477. The van der Waals surface area contributed by atoms with E-state index in [9.17, 15) is 10.1 Å². The van der Waals surface area contributed by atoms with Gasteiger partial charge in [0.15, 0.2) is 5.11 Å². The summed E-state index contributed by atoms with van der Waals surface area (Å²) in [5.74, 6) is 0. The predicted molar refractivity (Wildman–Crippen MR) is 91.8 cm³/mol.